The second kappa shape index (κ2) is 8.16. The third-order valence-electron chi connectivity index (χ3n) is 3.30. The number of para-hydroxylation sites is 1. The lowest BCUT2D eigenvalue weighted by atomic mass is 10.00. The number of rotatable bonds is 8. The summed E-state index contributed by atoms with van der Waals surface area (Å²) in [7, 11) is 0. The van der Waals surface area contributed by atoms with Gasteiger partial charge in [-0.3, -0.25) is 0 Å². The van der Waals surface area contributed by atoms with Crippen molar-refractivity contribution in [3.8, 4) is 5.75 Å². The largest absolute Gasteiger partial charge is 0.507 e. The van der Waals surface area contributed by atoms with Crippen molar-refractivity contribution < 1.29 is 5.11 Å². The van der Waals surface area contributed by atoms with Crippen LogP contribution in [-0.4, -0.2) is 5.11 Å². The zero-order valence-electron chi connectivity index (χ0n) is 11.3. The fraction of sp³-hybridized carbons (Fsp3) is 0.625. The summed E-state index contributed by atoms with van der Waals surface area (Å²) in [5.74, 6) is 0.553. The summed E-state index contributed by atoms with van der Waals surface area (Å²) < 4.78 is 0. The van der Waals surface area contributed by atoms with Gasteiger partial charge in [0.05, 0.1) is 0 Å². The average molecular weight is 234 g/mol. The molecule has 1 aromatic carbocycles. The van der Waals surface area contributed by atoms with Gasteiger partial charge in [-0.2, -0.15) is 0 Å². The molecule has 0 radical (unpaired) electrons. The first kappa shape index (κ1) is 14.1. The fourth-order valence-corrected chi connectivity index (χ4v) is 2.16. The first-order valence-electron chi connectivity index (χ1n) is 7.09. The molecule has 1 nitrogen and oxygen atoms in total. The summed E-state index contributed by atoms with van der Waals surface area (Å²) in [4.78, 5) is 0. The molecule has 17 heavy (non-hydrogen) atoms. The normalized spacial score (nSPS) is 10.7. The number of aromatic hydroxyl groups is 1. The first-order chi connectivity index (χ1) is 8.29. The number of hydrogen-bond donors (Lipinski definition) is 1. The van der Waals surface area contributed by atoms with Crippen LogP contribution in [0.2, 0.25) is 0 Å². The molecule has 0 amide bonds. The van der Waals surface area contributed by atoms with E-state index in [1.54, 1.807) is 0 Å². The van der Waals surface area contributed by atoms with Crippen molar-refractivity contribution in [2.45, 2.75) is 65.2 Å². The zero-order chi connectivity index (χ0) is 12.5. The smallest absolute Gasteiger partial charge is 0.121 e. The third kappa shape index (κ3) is 4.80. The number of hydrogen-bond acceptors (Lipinski definition) is 1. The highest BCUT2D eigenvalue weighted by Crippen LogP contribution is 2.25. The van der Waals surface area contributed by atoms with E-state index in [4.69, 9.17) is 0 Å². The summed E-state index contributed by atoms with van der Waals surface area (Å²) in [6.07, 6.45) is 9.40. The van der Waals surface area contributed by atoms with E-state index in [1.807, 2.05) is 0 Å². The zero-order valence-corrected chi connectivity index (χ0v) is 11.3. The van der Waals surface area contributed by atoms with Gasteiger partial charge in [0.1, 0.15) is 5.75 Å². The minimum atomic E-state index is 0.553. The van der Waals surface area contributed by atoms with Crippen molar-refractivity contribution in [2.75, 3.05) is 0 Å². The van der Waals surface area contributed by atoms with Gasteiger partial charge in [-0.05, 0) is 36.8 Å². The molecule has 0 fully saturated rings. The molecule has 1 aromatic rings. The average Bonchev–Trinajstić information content (AvgIpc) is 2.35. The Morgan fingerprint density at radius 1 is 0.824 bits per heavy atom. The molecule has 1 rings (SSSR count). The molecular formula is C16H26O. The van der Waals surface area contributed by atoms with Crippen LogP contribution in [0.25, 0.3) is 0 Å². The van der Waals surface area contributed by atoms with Gasteiger partial charge in [0, 0.05) is 0 Å². The molecule has 0 unspecified atom stereocenters. The Morgan fingerprint density at radius 2 is 1.41 bits per heavy atom. The van der Waals surface area contributed by atoms with Crippen LogP contribution in [0.15, 0.2) is 18.2 Å². The Hall–Kier alpha value is -0.980. The van der Waals surface area contributed by atoms with Crippen molar-refractivity contribution in [3.63, 3.8) is 0 Å². The Labute approximate surface area is 106 Å². The number of phenols is 1. The Kier molecular flexibility index (Phi) is 6.76. The van der Waals surface area contributed by atoms with E-state index in [1.165, 1.54) is 32.1 Å². The van der Waals surface area contributed by atoms with Crippen LogP contribution in [-0.2, 0) is 12.8 Å². The minimum Gasteiger partial charge on any atom is -0.507 e. The summed E-state index contributed by atoms with van der Waals surface area (Å²) in [6, 6.07) is 6.21. The van der Waals surface area contributed by atoms with E-state index in [-0.39, 0.29) is 0 Å². The molecule has 0 saturated heterocycles. The fourth-order valence-electron chi connectivity index (χ4n) is 2.16. The number of phenolic OH excluding ortho intramolecular Hbond substituents is 1. The van der Waals surface area contributed by atoms with Gasteiger partial charge in [-0.15, -0.1) is 0 Å². The van der Waals surface area contributed by atoms with Crippen molar-refractivity contribution in [3.05, 3.63) is 29.3 Å². The van der Waals surface area contributed by atoms with Crippen molar-refractivity contribution >= 4 is 0 Å². The lowest BCUT2D eigenvalue weighted by Gasteiger charge is -2.09. The molecule has 0 saturated carbocycles. The van der Waals surface area contributed by atoms with Crippen LogP contribution in [0.4, 0.5) is 0 Å². The molecule has 0 heterocycles. The van der Waals surface area contributed by atoms with Gasteiger partial charge in [-0.25, -0.2) is 0 Å². The van der Waals surface area contributed by atoms with Gasteiger partial charge in [0.15, 0.2) is 0 Å². The van der Waals surface area contributed by atoms with Gasteiger partial charge < -0.3 is 5.11 Å². The first-order valence-corrected chi connectivity index (χ1v) is 7.09. The number of aryl methyl sites for hydroxylation is 2. The monoisotopic (exact) mass is 234 g/mol. The molecule has 0 bridgehead atoms. The summed E-state index contributed by atoms with van der Waals surface area (Å²) >= 11 is 0. The van der Waals surface area contributed by atoms with Crippen LogP contribution >= 0.6 is 0 Å². The van der Waals surface area contributed by atoms with Crippen LogP contribution in [0.5, 0.6) is 5.75 Å². The highest BCUT2D eigenvalue weighted by molar-refractivity contribution is 5.40. The molecule has 0 aromatic heterocycles. The summed E-state index contributed by atoms with van der Waals surface area (Å²) in [6.45, 7) is 4.41. The standard InChI is InChI=1S/C16H26O/c1-3-5-7-8-11-15-13-9-12-14(16(15)17)10-6-4-2/h9,12-13,17H,3-8,10-11H2,1-2H3. The predicted octanol–water partition coefficient (Wildman–Crippen LogP) is 4.86. The SMILES string of the molecule is CCCCCCc1cccc(CCCC)c1O. The minimum absolute atomic E-state index is 0.553. The molecule has 0 aliphatic carbocycles. The molecule has 96 valence electrons. The van der Waals surface area contributed by atoms with Crippen molar-refractivity contribution in [1.29, 1.82) is 0 Å². The molecule has 1 N–H and O–H groups in total. The van der Waals surface area contributed by atoms with E-state index in [0.29, 0.717) is 5.75 Å². The maximum absolute atomic E-state index is 10.2. The van der Waals surface area contributed by atoms with Crippen LogP contribution in [0.3, 0.4) is 0 Å². The van der Waals surface area contributed by atoms with Gasteiger partial charge in [-0.1, -0.05) is 57.7 Å². The van der Waals surface area contributed by atoms with Gasteiger partial charge in [0.2, 0.25) is 0 Å². The van der Waals surface area contributed by atoms with E-state index >= 15 is 0 Å². The third-order valence-corrected chi connectivity index (χ3v) is 3.30. The highest BCUT2D eigenvalue weighted by Gasteiger charge is 2.06. The van der Waals surface area contributed by atoms with E-state index in [0.717, 1.165) is 30.4 Å². The topological polar surface area (TPSA) is 20.2 Å². The molecule has 0 spiro atoms. The lowest BCUT2D eigenvalue weighted by molar-refractivity contribution is 0.458. The predicted molar refractivity (Wildman–Crippen MR) is 74.6 cm³/mol. The highest BCUT2D eigenvalue weighted by atomic mass is 16.3. The van der Waals surface area contributed by atoms with Gasteiger partial charge in [0.25, 0.3) is 0 Å². The van der Waals surface area contributed by atoms with E-state index in [9.17, 15) is 5.11 Å². The maximum atomic E-state index is 10.2. The van der Waals surface area contributed by atoms with E-state index in [2.05, 4.69) is 32.0 Å². The number of unbranched alkanes of at least 4 members (excludes halogenated alkanes) is 4. The molecule has 1 heteroatoms. The second-order valence-electron chi connectivity index (χ2n) is 4.84. The van der Waals surface area contributed by atoms with Crippen molar-refractivity contribution in [1.82, 2.24) is 0 Å². The van der Waals surface area contributed by atoms with Gasteiger partial charge >= 0.3 is 0 Å². The summed E-state index contributed by atoms with van der Waals surface area (Å²) in [5.41, 5.74) is 2.26. The molecular weight excluding hydrogens is 208 g/mol. The number of benzene rings is 1. The Balaban J connectivity index is 2.53. The molecule has 0 atom stereocenters. The Bertz CT molecular complexity index is 317. The molecule has 0 aliphatic rings. The second-order valence-corrected chi connectivity index (χ2v) is 4.84. The van der Waals surface area contributed by atoms with Crippen molar-refractivity contribution in [2.24, 2.45) is 0 Å². The molecule has 0 aliphatic heterocycles. The quantitative estimate of drug-likeness (QED) is 0.637. The van der Waals surface area contributed by atoms with Crippen LogP contribution in [0, 0.1) is 0 Å². The van der Waals surface area contributed by atoms with E-state index < -0.39 is 0 Å². The van der Waals surface area contributed by atoms with Crippen LogP contribution < -0.4 is 0 Å². The lowest BCUT2D eigenvalue weighted by Crippen LogP contribution is -1.92. The Morgan fingerprint density at radius 3 is 2.00 bits per heavy atom. The van der Waals surface area contributed by atoms with Crippen LogP contribution in [0.1, 0.15) is 63.5 Å². The summed E-state index contributed by atoms with van der Waals surface area (Å²) in [5, 5.41) is 10.2. The maximum Gasteiger partial charge on any atom is 0.121 e.